The fourth-order valence-corrected chi connectivity index (χ4v) is 1.62. The molecule has 0 bridgehead atoms. The number of aliphatic hydroxyl groups is 1. The van der Waals surface area contributed by atoms with Gasteiger partial charge in [-0.3, -0.25) is 4.79 Å². The molecule has 0 aliphatic heterocycles. The fourth-order valence-electron chi connectivity index (χ4n) is 1.62. The number of hydrogen-bond acceptors (Lipinski definition) is 4. The van der Waals surface area contributed by atoms with E-state index in [1.54, 1.807) is 29.9 Å². The number of aromatic nitrogens is 2. The molecule has 19 heavy (non-hydrogen) atoms. The van der Waals surface area contributed by atoms with Gasteiger partial charge in [0.15, 0.2) is 5.69 Å². The molecule has 4 N–H and O–H groups in total. The standard InChI is InChI=1S/C13H16N4O2/c1-9(8-18)15-13(19)11-6-7-17(16-11)12-5-3-2-4-10(12)14/h2-7,9,18H,8,14H2,1H3,(H,15,19)/t9-/m1/s1. The number of hydrogen-bond donors (Lipinski definition) is 3. The number of carbonyl (C=O) groups excluding carboxylic acids is 1. The van der Waals surface area contributed by atoms with Crippen LogP contribution in [0.4, 0.5) is 5.69 Å². The Labute approximate surface area is 110 Å². The molecule has 1 amide bonds. The Bertz CT molecular complexity index is 580. The van der Waals surface area contributed by atoms with Crippen LogP contribution in [0.1, 0.15) is 17.4 Å². The molecule has 1 aromatic carbocycles. The van der Waals surface area contributed by atoms with Gasteiger partial charge < -0.3 is 16.2 Å². The fraction of sp³-hybridized carbons (Fsp3) is 0.231. The third kappa shape index (κ3) is 2.92. The minimum Gasteiger partial charge on any atom is -0.397 e. The molecule has 2 rings (SSSR count). The highest BCUT2D eigenvalue weighted by Gasteiger charge is 2.13. The van der Waals surface area contributed by atoms with Crippen LogP contribution in [-0.4, -0.2) is 33.4 Å². The number of amides is 1. The van der Waals surface area contributed by atoms with E-state index in [1.165, 1.54) is 0 Å². The van der Waals surface area contributed by atoms with Gasteiger partial charge in [0.25, 0.3) is 5.91 Å². The molecule has 0 spiro atoms. The summed E-state index contributed by atoms with van der Waals surface area (Å²) < 4.78 is 1.55. The molecule has 0 fully saturated rings. The van der Waals surface area contributed by atoms with Crippen LogP contribution in [-0.2, 0) is 0 Å². The second-order valence-corrected chi connectivity index (χ2v) is 4.26. The molecule has 0 saturated heterocycles. The molecule has 2 aromatic rings. The average molecular weight is 260 g/mol. The third-order valence-electron chi connectivity index (χ3n) is 2.66. The maximum Gasteiger partial charge on any atom is 0.272 e. The summed E-state index contributed by atoms with van der Waals surface area (Å²) in [6.45, 7) is 1.60. The van der Waals surface area contributed by atoms with E-state index in [0.29, 0.717) is 5.69 Å². The van der Waals surface area contributed by atoms with E-state index in [1.807, 2.05) is 18.2 Å². The van der Waals surface area contributed by atoms with Crippen molar-refractivity contribution < 1.29 is 9.90 Å². The molecule has 1 aromatic heterocycles. The molecule has 6 heteroatoms. The smallest absolute Gasteiger partial charge is 0.272 e. The van der Waals surface area contributed by atoms with E-state index >= 15 is 0 Å². The van der Waals surface area contributed by atoms with Crippen LogP contribution in [0.5, 0.6) is 0 Å². The molecule has 0 aliphatic rings. The van der Waals surface area contributed by atoms with Gasteiger partial charge in [0.1, 0.15) is 0 Å². The summed E-state index contributed by atoms with van der Waals surface area (Å²) in [5, 5.41) is 15.7. The topological polar surface area (TPSA) is 93.2 Å². The van der Waals surface area contributed by atoms with Crippen LogP contribution in [0.25, 0.3) is 5.69 Å². The van der Waals surface area contributed by atoms with E-state index in [4.69, 9.17) is 10.8 Å². The van der Waals surface area contributed by atoms with Gasteiger partial charge in [-0.25, -0.2) is 4.68 Å². The number of anilines is 1. The van der Waals surface area contributed by atoms with Gasteiger partial charge in [-0.2, -0.15) is 5.10 Å². The molecule has 0 unspecified atom stereocenters. The number of nitrogens with zero attached hydrogens (tertiary/aromatic N) is 2. The lowest BCUT2D eigenvalue weighted by molar-refractivity contribution is 0.0917. The summed E-state index contributed by atoms with van der Waals surface area (Å²) in [5.74, 6) is -0.324. The van der Waals surface area contributed by atoms with Gasteiger partial charge in [0, 0.05) is 12.2 Å². The molecule has 100 valence electrons. The maximum atomic E-state index is 11.8. The quantitative estimate of drug-likeness (QED) is 0.700. The predicted octanol–water partition coefficient (Wildman–Crippen LogP) is 0.565. The zero-order chi connectivity index (χ0) is 13.8. The normalized spacial score (nSPS) is 12.1. The molecule has 0 aliphatic carbocycles. The maximum absolute atomic E-state index is 11.8. The van der Waals surface area contributed by atoms with Crippen molar-refractivity contribution in [1.29, 1.82) is 0 Å². The number of benzene rings is 1. The first-order valence-corrected chi connectivity index (χ1v) is 5.94. The lowest BCUT2D eigenvalue weighted by Gasteiger charge is -2.09. The largest absolute Gasteiger partial charge is 0.397 e. The Balaban J connectivity index is 2.20. The number of nitrogen functional groups attached to an aromatic ring is 1. The van der Waals surface area contributed by atoms with E-state index in [0.717, 1.165) is 5.69 Å². The van der Waals surface area contributed by atoms with E-state index in [2.05, 4.69) is 10.4 Å². The van der Waals surface area contributed by atoms with Crippen LogP contribution in [0.3, 0.4) is 0 Å². The minimum atomic E-state index is -0.324. The molecular weight excluding hydrogens is 244 g/mol. The van der Waals surface area contributed by atoms with Gasteiger partial charge in [0.2, 0.25) is 0 Å². The molecule has 6 nitrogen and oxygen atoms in total. The third-order valence-corrected chi connectivity index (χ3v) is 2.66. The average Bonchev–Trinajstić information content (AvgIpc) is 2.88. The predicted molar refractivity (Wildman–Crippen MR) is 72.0 cm³/mol. The van der Waals surface area contributed by atoms with E-state index in [9.17, 15) is 4.79 Å². The Morgan fingerprint density at radius 2 is 2.21 bits per heavy atom. The lowest BCUT2D eigenvalue weighted by Crippen LogP contribution is -2.35. The van der Waals surface area contributed by atoms with Gasteiger partial charge in [0.05, 0.1) is 18.0 Å². The van der Waals surface area contributed by atoms with Gasteiger partial charge in [-0.15, -0.1) is 0 Å². The molecule has 1 atom stereocenters. The van der Waals surface area contributed by atoms with Crippen molar-refractivity contribution >= 4 is 11.6 Å². The number of nitrogens with one attached hydrogen (secondary N) is 1. The summed E-state index contributed by atoms with van der Waals surface area (Å²) in [5.41, 5.74) is 7.43. The highest BCUT2D eigenvalue weighted by molar-refractivity contribution is 5.92. The first kappa shape index (κ1) is 13.1. The van der Waals surface area contributed by atoms with Crippen molar-refractivity contribution in [3.05, 3.63) is 42.2 Å². The first-order valence-electron chi connectivity index (χ1n) is 5.94. The number of aliphatic hydroxyl groups excluding tert-OH is 1. The Morgan fingerprint density at radius 3 is 2.89 bits per heavy atom. The van der Waals surface area contributed by atoms with Crippen molar-refractivity contribution in [2.45, 2.75) is 13.0 Å². The van der Waals surface area contributed by atoms with Crippen molar-refractivity contribution in [2.24, 2.45) is 0 Å². The van der Waals surface area contributed by atoms with Crippen molar-refractivity contribution in [2.75, 3.05) is 12.3 Å². The molecule has 0 saturated carbocycles. The van der Waals surface area contributed by atoms with Gasteiger partial charge in [-0.05, 0) is 25.1 Å². The second-order valence-electron chi connectivity index (χ2n) is 4.26. The minimum absolute atomic E-state index is 0.113. The van der Waals surface area contributed by atoms with Crippen LogP contribution >= 0.6 is 0 Å². The lowest BCUT2D eigenvalue weighted by atomic mass is 10.3. The summed E-state index contributed by atoms with van der Waals surface area (Å²) >= 11 is 0. The molecular formula is C13H16N4O2. The monoisotopic (exact) mass is 260 g/mol. The summed E-state index contributed by atoms with van der Waals surface area (Å²) in [6, 6.07) is 8.57. The number of carbonyl (C=O) groups is 1. The Kier molecular flexibility index (Phi) is 3.82. The number of nitrogens with two attached hydrogens (primary N) is 1. The first-order chi connectivity index (χ1) is 9.11. The number of para-hydroxylation sites is 2. The molecule has 1 heterocycles. The zero-order valence-electron chi connectivity index (χ0n) is 10.6. The van der Waals surface area contributed by atoms with Crippen LogP contribution in [0.2, 0.25) is 0 Å². The van der Waals surface area contributed by atoms with Gasteiger partial charge >= 0.3 is 0 Å². The van der Waals surface area contributed by atoms with E-state index in [-0.39, 0.29) is 24.2 Å². The SMILES string of the molecule is C[C@H](CO)NC(=O)c1ccn(-c2ccccc2N)n1. The molecule has 0 radical (unpaired) electrons. The van der Waals surface area contributed by atoms with Crippen LogP contribution in [0, 0.1) is 0 Å². The number of rotatable bonds is 4. The van der Waals surface area contributed by atoms with Crippen LogP contribution in [0.15, 0.2) is 36.5 Å². The van der Waals surface area contributed by atoms with Crippen molar-refractivity contribution in [3.63, 3.8) is 0 Å². The Morgan fingerprint density at radius 1 is 1.47 bits per heavy atom. The zero-order valence-corrected chi connectivity index (χ0v) is 10.6. The second kappa shape index (κ2) is 5.53. The van der Waals surface area contributed by atoms with Crippen LogP contribution < -0.4 is 11.1 Å². The summed E-state index contributed by atoms with van der Waals surface area (Å²) in [4.78, 5) is 11.8. The highest BCUT2D eigenvalue weighted by atomic mass is 16.3. The Hall–Kier alpha value is -2.34. The van der Waals surface area contributed by atoms with Crippen molar-refractivity contribution in [3.8, 4) is 5.69 Å². The van der Waals surface area contributed by atoms with Gasteiger partial charge in [-0.1, -0.05) is 12.1 Å². The summed E-state index contributed by atoms with van der Waals surface area (Å²) in [6.07, 6.45) is 1.67. The summed E-state index contributed by atoms with van der Waals surface area (Å²) in [7, 11) is 0. The van der Waals surface area contributed by atoms with E-state index < -0.39 is 0 Å². The van der Waals surface area contributed by atoms with Crippen molar-refractivity contribution in [1.82, 2.24) is 15.1 Å². The highest BCUT2D eigenvalue weighted by Crippen LogP contribution is 2.15.